The lowest BCUT2D eigenvalue weighted by molar-refractivity contribution is 0.218. The molecule has 2 N–H and O–H groups in total. The van der Waals surface area contributed by atoms with Crippen molar-refractivity contribution in [2.75, 3.05) is 11.9 Å². The first kappa shape index (κ1) is 12.2. The van der Waals surface area contributed by atoms with Crippen molar-refractivity contribution in [1.82, 2.24) is 9.97 Å². The highest BCUT2D eigenvalue weighted by molar-refractivity contribution is 6.28. The Kier molecular flexibility index (Phi) is 3.88. The van der Waals surface area contributed by atoms with Crippen LogP contribution in [0.15, 0.2) is 6.07 Å². The first-order chi connectivity index (χ1) is 6.99. The van der Waals surface area contributed by atoms with Gasteiger partial charge in [0.15, 0.2) is 0 Å². The standard InChI is InChI=1S/C10H16ClN3O/c1-4-10(3,6-15)14-8-5-7(2)12-9(11)13-8/h5,15H,4,6H2,1-3H3,(H,12,13,14). The van der Waals surface area contributed by atoms with E-state index in [1.807, 2.05) is 20.8 Å². The average Bonchev–Trinajstić information content (AvgIpc) is 2.16. The van der Waals surface area contributed by atoms with Crippen LogP contribution in [0.1, 0.15) is 26.0 Å². The summed E-state index contributed by atoms with van der Waals surface area (Å²) in [5.74, 6) is 0.644. The Bertz CT molecular complexity index is 319. The van der Waals surface area contributed by atoms with Gasteiger partial charge >= 0.3 is 0 Å². The number of anilines is 1. The molecule has 5 heteroatoms. The maximum absolute atomic E-state index is 9.25. The van der Waals surface area contributed by atoms with Crippen LogP contribution < -0.4 is 5.32 Å². The maximum Gasteiger partial charge on any atom is 0.224 e. The molecular formula is C10H16ClN3O. The number of nitrogens with zero attached hydrogens (tertiary/aromatic N) is 2. The number of hydrogen-bond acceptors (Lipinski definition) is 4. The van der Waals surface area contributed by atoms with Crippen LogP contribution >= 0.6 is 11.6 Å². The topological polar surface area (TPSA) is 58.0 Å². The van der Waals surface area contributed by atoms with Crippen molar-refractivity contribution in [2.45, 2.75) is 32.7 Å². The number of hydrogen-bond donors (Lipinski definition) is 2. The van der Waals surface area contributed by atoms with Crippen LogP contribution in [0.2, 0.25) is 5.28 Å². The number of aliphatic hydroxyl groups excluding tert-OH is 1. The molecular weight excluding hydrogens is 214 g/mol. The zero-order chi connectivity index (χ0) is 11.5. The summed E-state index contributed by atoms with van der Waals surface area (Å²) in [7, 11) is 0. The molecule has 0 bridgehead atoms. The Balaban J connectivity index is 2.88. The quantitative estimate of drug-likeness (QED) is 0.776. The number of aliphatic hydroxyl groups is 1. The second kappa shape index (κ2) is 4.77. The van der Waals surface area contributed by atoms with Gasteiger partial charge in [-0.15, -0.1) is 0 Å². The molecule has 0 aliphatic rings. The SMILES string of the molecule is CCC(C)(CO)Nc1cc(C)nc(Cl)n1. The van der Waals surface area contributed by atoms with E-state index in [1.54, 1.807) is 6.07 Å². The van der Waals surface area contributed by atoms with E-state index >= 15 is 0 Å². The highest BCUT2D eigenvalue weighted by Gasteiger charge is 2.21. The minimum Gasteiger partial charge on any atom is -0.394 e. The Hall–Kier alpha value is -0.870. The van der Waals surface area contributed by atoms with E-state index in [2.05, 4.69) is 15.3 Å². The van der Waals surface area contributed by atoms with Gasteiger partial charge in [-0.25, -0.2) is 9.97 Å². The highest BCUT2D eigenvalue weighted by atomic mass is 35.5. The first-order valence-corrected chi connectivity index (χ1v) is 5.27. The van der Waals surface area contributed by atoms with Gasteiger partial charge in [-0.3, -0.25) is 0 Å². The largest absolute Gasteiger partial charge is 0.394 e. The molecule has 0 aliphatic heterocycles. The zero-order valence-corrected chi connectivity index (χ0v) is 9.97. The molecule has 0 saturated carbocycles. The van der Waals surface area contributed by atoms with E-state index in [1.165, 1.54) is 0 Å². The highest BCUT2D eigenvalue weighted by Crippen LogP contribution is 2.18. The normalized spacial score (nSPS) is 14.7. The van der Waals surface area contributed by atoms with Crippen molar-refractivity contribution in [3.8, 4) is 0 Å². The maximum atomic E-state index is 9.25. The third-order valence-corrected chi connectivity index (χ3v) is 2.56. The zero-order valence-electron chi connectivity index (χ0n) is 9.21. The molecule has 84 valence electrons. The van der Waals surface area contributed by atoms with E-state index in [0.717, 1.165) is 12.1 Å². The molecule has 1 rings (SSSR count). The summed E-state index contributed by atoms with van der Waals surface area (Å²) in [5, 5.41) is 12.6. The van der Waals surface area contributed by atoms with E-state index < -0.39 is 0 Å². The molecule has 0 saturated heterocycles. The number of halogens is 1. The fraction of sp³-hybridized carbons (Fsp3) is 0.600. The molecule has 0 amide bonds. The van der Waals surface area contributed by atoms with Crippen LogP contribution in [0.5, 0.6) is 0 Å². The van der Waals surface area contributed by atoms with Gasteiger partial charge in [-0.1, -0.05) is 6.92 Å². The summed E-state index contributed by atoms with van der Waals surface area (Å²) in [4.78, 5) is 8.01. The molecule has 0 spiro atoms. The van der Waals surface area contributed by atoms with E-state index in [-0.39, 0.29) is 17.4 Å². The van der Waals surface area contributed by atoms with Crippen molar-refractivity contribution in [1.29, 1.82) is 0 Å². The lowest BCUT2D eigenvalue weighted by Crippen LogP contribution is -2.38. The summed E-state index contributed by atoms with van der Waals surface area (Å²) in [6.45, 7) is 5.82. The van der Waals surface area contributed by atoms with Crippen molar-refractivity contribution in [3.05, 3.63) is 17.0 Å². The molecule has 1 unspecified atom stereocenters. The van der Waals surface area contributed by atoms with Gasteiger partial charge in [-0.2, -0.15) is 0 Å². The van der Waals surface area contributed by atoms with E-state index in [9.17, 15) is 5.11 Å². The van der Waals surface area contributed by atoms with Crippen molar-refractivity contribution >= 4 is 17.4 Å². The Morgan fingerprint density at radius 3 is 2.67 bits per heavy atom. The summed E-state index contributed by atoms with van der Waals surface area (Å²) in [6, 6.07) is 1.80. The summed E-state index contributed by atoms with van der Waals surface area (Å²) < 4.78 is 0. The van der Waals surface area contributed by atoms with Gasteiger partial charge in [0.2, 0.25) is 5.28 Å². The number of aromatic nitrogens is 2. The monoisotopic (exact) mass is 229 g/mol. The van der Waals surface area contributed by atoms with Crippen molar-refractivity contribution in [3.63, 3.8) is 0 Å². The lowest BCUT2D eigenvalue weighted by Gasteiger charge is -2.27. The smallest absolute Gasteiger partial charge is 0.224 e. The van der Waals surface area contributed by atoms with Gasteiger partial charge in [-0.05, 0) is 31.9 Å². The fourth-order valence-corrected chi connectivity index (χ4v) is 1.37. The van der Waals surface area contributed by atoms with Gasteiger partial charge in [0, 0.05) is 11.8 Å². The minimum atomic E-state index is -0.371. The fourth-order valence-electron chi connectivity index (χ4n) is 1.15. The van der Waals surface area contributed by atoms with Crippen LogP contribution in [-0.2, 0) is 0 Å². The number of rotatable bonds is 4. The predicted octanol–water partition coefficient (Wildman–Crippen LogP) is 2.01. The Morgan fingerprint density at radius 2 is 2.20 bits per heavy atom. The van der Waals surface area contributed by atoms with Crippen molar-refractivity contribution in [2.24, 2.45) is 0 Å². The van der Waals surface area contributed by atoms with Gasteiger partial charge < -0.3 is 10.4 Å². The number of nitrogens with one attached hydrogen (secondary N) is 1. The predicted molar refractivity (Wildman–Crippen MR) is 61.2 cm³/mol. The van der Waals surface area contributed by atoms with Crippen LogP contribution in [0.4, 0.5) is 5.82 Å². The van der Waals surface area contributed by atoms with E-state index in [4.69, 9.17) is 11.6 Å². The van der Waals surface area contributed by atoms with Crippen LogP contribution in [0, 0.1) is 6.92 Å². The van der Waals surface area contributed by atoms with Gasteiger partial charge in [0.05, 0.1) is 12.1 Å². The molecule has 0 aliphatic carbocycles. The third-order valence-electron chi connectivity index (χ3n) is 2.39. The van der Waals surface area contributed by atoms with Crippen LogP contribution in [0.3, 0.4) is 0 Å². The van der Waals surface area contributed by atoms with Gasteiger partial charge in [0.1, 0.15) is 5.82 Å². The molecule has 4 nitrogen and oxygen atoms in total. The molecule has 1 heterocycles. The molecule has 1 atom stereocenters. The number of aryl methyl sites for hydroxylation is 1. The first-order valence-electron chi connectivity index (χ1n) is 4.89. The van der Waals surface area contributed by atoms with E-state index in [0.29, 0.717) is 5.82 Å². The molecule has 1 aromatic heterocycles. The molecule has 0 radical (unpaired) electrons. The van der Waals surface area contributed by atoms with Gasteiger partial charge in [0.25, 0.3) is 0 Å². The van der Waals surface area contributed by atoms with Crippen LogP contribution in [0.25, 0.3) is 0 Å². The Morgan fingerprint density at radius 1 is 1.53 bits per heavy atom. The second-order valence-corrected chi connectivity index (χ2v) is 4.20. The van der Waals surface area contributed by atoms with Crippen LogP contribution in [-0.4, -0.2) is 27.2 Å². The molecule has 0 aromatic carbocycles. The van der Waals surface area contributed by atoms with Crippen molar-refractivity contribution < 1.29 is 5.11 Å². The molecule has 1 aromatic rings. The Labute approximate surface area is 94.7 Å². The lowest BCUT2D eigenvalue weighted by atomic mass is 10.0. The third kappa shape index (κ3) is 3.32. The minimum absolute atomic E-state index is 0.0458. The summed E-state index contributed by atoms with van der Waals surface area (Å²) in [5.41, 5.74) is 0.429. The summed E-state index contributed by atoms with van der Waals surface area (Å²) in [6.07, 6.45) is 0.796. The molecule has 0 fully saturated rings. The molecule has 15 heavy (non-hydrogen) atoms. The second-order valence-electron chi connectivity index (χ2n) is 3.86. The summed E-state index contributed by atoms with van der Waals surface area (Å²) >= 11 is 5.74. The average molecular weight is 230 g/mol.